The molecule has 0 spiro atoms. The zero-order valence-corrected chi connectivity index (χ0v) is 7.82. The predicted molar refractivity (Wildman–Crippen MR) is 45.2 cm³/mol. The van der Waals surface area contributed by atoms with Gasteiger partial charge in [0.25, 0.3) is 5.92 Å². The molecule has 0 atom stereocenters. The van der Waals surface area contributed by atoms with Gasteiger partial charge in [-0.05, 0) is 20.3 Å². The molecule has 0 bridgehead atoms. The summed E-state index contributed by atoms with van der Waals surface area (Å²) in [5.41, 5.74) is 2.22. The second kappa shape index (κ2) is 3.04. The highest BCUT2D eigenvalue weighted by Gasteiger charge is 2.35. The van der Waals surface area contributed by atoms with Crippen LogP contribution in [0.1, 0.15) is 26.7 Å². The maximum absolute atomic E-state index is 12.8. The number of nitrogens with zero attached hydrogens (tertiary/aromatic N) is 1. The van der Waals surface area contributed by atoms with Gasteiger partial charge in [0.05, 0.1) is 6.54 Å². The molecule has 0 aromatic rings. The van der Waals surface area contributed by atoms with Gasteiger partial charge in [0.2, 0.25) is 0 Å². The monoisotopic (exact) mass is 175 g/mol. The van der Waals surface area contributed by atoms with E-state index in [1.165, 1.54) is 0 Å². The molecule has 70 valence electrons. The first-order valence-electron chi connectivity index (χ1n) is 4.18. The molecule has 1 rings (SSSR count). The molecule has 1 aliphatic heterocycles. The van der Waals surface area contributed by atoms with Gasteiger partial charge < -0.3 is 4.90 Å². The number of rotatable bonds is 0. The normalized spacial score (nSPS) is 22.8. The van der Waals surface area contributed by atoms with E-state index in [-0.39, 0.29) is 13.0 Å². The average Bonchev–Trinajstić information content (AvgIpc) is 1.83. The highest BCUT2D eigenvalue weighted by atomic mass is 19.3. The predicted octanol–water partition coefficient (Wildman–Crippen LogP) is 2.64. The molecule has 1 nitrogen and oxygen atoms in total. The molecule has 0 saturated carbocycles. The van der Waals surface area contributed by atoms with Crippen LogP contribution in [0.4, 0.5) is 8.78 Å². The summed E-state index contributed by atoms with van der Waals surface area (Å²) in [7, 11) is 1.73. The van der Waals surface area contributed by atoms with Crippen molar-refractivity contribution < 1.29 is 8.78 Å². The van der Waals surface area contributed by atoms with Crippen molar-refractivity contribution in [3.8, 4) is 0 Å². The van der Waals surface area contributed by atoms with E-state index in [2.05, 4.69) is 0 Å². The molecular weight excluding hydrogens is 160 g/mol. The highest BCUT2D eigenvalue weighted by Crippen LogP contribution is 2.32. The van der Waals surface area contributed by atoms with Gasteiger partial charge in [0.1, 0.15) is 0 Å². The number of hydrogen-bond acceptors (Lipinski definition) is 1. The van der Waals surface area contributed by atoms with Gasteiger partial charge in [-0.25, -0.2) is 8.78 Å². The molecule has 0 radical (unpaired) electrons. The molecule has 0 aromatic heterocycles. The lowest BCUT2D eigenvalue weighted by molar-refractivity contribution is -0.0448. The molecule has 12 heavy (non-hydrogen) atoms. The van der Waals surface area contributed by atoms with E-state index in [1.807, 2.05) is 13.8 Å². The Labute approximate surface area is 72.1 Å². The van der Waals surface area contributed by atoms with Crippen LogP contribution in [-0.4, -0.2) is 24.4 Å². The van der Waals surface area contributed by atoms with Crippen LogP contribution in [0, 0.1) is 0 Å². The Bertz CT molecular complexity index is 205. The summed E-state index contributed by atoms with van der Waals surface area (Å²) in [5.74, 6) is -2.49. The lowest BCUT2D eigenvalue weighted by atomic mass is 10.0. The first-order chi connectivity index (χ1) is 5.42. The van der Waals surface area contributed by atoms with Crippen LogP contribution >= 0.6 is 0 Å². The third-order valence-corrected chi connectivity index (χ3v) is 2.23. The van der Waals surface area contributed by atoms with E-state index < -0.39 is 5.92 Å². The van der Waals surface area contributed by atoms with Gasteiger partial charge in [-0.3, -0.25) is 0 Å². The van der Waals surface area contributed by atoms with Crippen LogP contribution in [0.2, 0.25) is 0 Å². The standard InChI is InChI=1S/C9H15F2N/c1-7(2)8-4-5-9(10,11)6-12(8)3/h4-6H2,1-3H3. The van der Waals surface area contributed by atoms with Gasteiger partial charge in [-0.15, -0.1) is 0 Å². The van der Waals surface area contributed by atoms with E-state index in [4.69, 9.17) is 0 Å². The number of halogens is 2. The van der Waals surface area contributed by atoms with E-state index in [0.29, 0.717) is 6.42 Å². The fourth-order valence-corrected chi connectivity index (χ4v) is 1.65. The number of likely N-dealkylation sites (tertiary alicyclic amines) is 1. The fourth-order valence-electron chi connectivity index (χ4n) is 1.65. The van der Waals surface area contributed by atoms with Crippen molar-refractivity contribution in [2.24, 2.45) is 0 Å². The zero-order chi connectivity index (χ0) is 9.35. The summed E-state index contributed by atoms with van der Waals surface area (Å²) < 4.78 is 25.7. The summed E-state index contributed by atoms with van der Waals surface area (Å²) in [6.07, 6.45) is 0.504. The molecule has 1 heterocycles. The quantitative estimate of drug-likeness (QED) is 0.547. The van der Waals surface area contributed by atoms with Crippen molar-refractivity contribution in [2.75, 3.05) is 13.6 Å². The number of allylic oxidation sites excluding steroid dienone is 2. The third kappa shape index (κ3) is 1.96. The van der Waals surface area contributed by atoms with Gasteiger partial charge in [0, 0.05) is 19.2 Å². The topological polar surface area (TPSA) is 3.24 Å². The van der Waals surface area contributed by atoms with Crippen LogP contribution < -0.4 is 0 Å². The van der Waals surface area contributed by atoms with Gasteiger partial charge in [0.15, 0.2) is 0 Å². The SMILES string of the molecule is CC(C)=C1CCC(F)(F)CN1C. The highest BCUT2D eigenvalue weighted by molar-refractivity contribution is 5.11. The average molecular weight is 175 g/mol. The second-order valence-corrected chi connectivity index (χ2v) is 3.66. The maximum Gasteiger partial charge on any atom is 0.265 e. The summed E-state index contributed by atoms with van der Waals surface area (Å²) in [6.45, 7) is 3.80. The van der Waals surface area contributed by atoms with Crippen LogP contribution in [-0.2, 0) is 0 Å². The first-order valence-corrected chi connectivity index (χ1v) is 4.18. The smallest absolute Gasteiger partial charge is 0.265 e. The van der Waals surface area contributed by atoms with E-state index in [1.54, 1.807) is 11.9 Å². The second-order valence-electron chi connectivity index (χ2n) is 3.66. The molecule has 0 aliphatic carbocycles. The van der Waals surface area contributed by atoms with E-state index >= 15 is 0 Å². The molecular formula is C9H15F2N. The molecule has 1 saturated heterocycles. The van der Waals surface area contributed by atoms with Crippen LogP contribution in [0.3, 0.4) is 0 Å². The molecule has 0 N–H and O–H groups in total. The minimum Gasteiger partial charge on any atom is -0.372 e. The number of alkyl halides is 2. The Hall–Kier alpha value is -0.600. The molecule has 0 aromatic carbocycles. The third-order valence-electron chi connectivity index (χ3n) is 2.23. The summed E-state index contributed by atoms with van der Waals surface area (Å²) >= 11 is 0. The molecule has 0 amide bonds. The van der Waals surface area contributed by atoms with Crippen molar-refractivity contribution in [1.29, 1.82) is 0 Å². The number of hydrogen-bond donors (Lipinski definition) is 0. The summed E-state index contributed by atoms with van der Waals surface area (Å²) in [6, 6.07) is 0. The Balaban J connectivity index is 2.73. The lowest BCUT2D eigenvalue weighted by Crippen LogP contribution is -2.39. The lowest BCUT2D eigenvalue weighted by Gasteiger charge is -2.34. The fraction of sp³-hybridized carbons (Fsp3) is 0.778. The Kier molecular flexibility index (Phi) is 2.40. The van der Waals surface area contributed by atoms with Crippen LogP contribution in [0.15, 0.2) is 11.3 Å². The molecule has 1 aliphatic rings. The van der Waals surface area contributed by atoms with Crippen molar-refractivity contribution >= 4 is 0 Å². The minimum atomic E-state index is -2.49. The van der Waals surface area contributed by atoms with Gasteiger partial charge >= 0.3 is 0 Å². The first kappa shape index (κ1) is 9.49. The zero-order valence-electron chi connectivity index (χ0n) is 7.82. The molecule has 0 unspecified atom stereocenters. The van der Waals surface area contributed by atoms with Crippen LogP contribution in [0.5, 0.6) is 0 Å². The van der Waals surface area contributed by atoms with Crippen molar-refractivity contribution in [3.63, 3.8) is 0 Å². The van der Waals surface area contributed by atoms with Gasteiger partial charge in [-0.2, -0.15) is 0 Å². The molecule has 1 fully saturated rings. The Morgan fingerprint density at radius 2 is 2.00 bits per heavy atom. The maximum atomic E-state index is 12.8. The van der Waals surface area contributed by atoms with Crippen molar-refractivity contribution in [1.82, 2.24) is 4.90 Å². The summed E-state index contributed by atoms with van der Waals surface area (Å²) in [4.78, 5) is 1.67. The Morgan fingerprint density at radius 1 is 1.42 bits per heavy atom. The van der Waals surface area contributed by atoms with E-state index in [0.717, 1.165) is 11.3 Å². The van der Waals surface area contributed by atoms with Crippen LogP contribution in [0.25, 0.3) is 0 Å². The van der Waals surface area contributed by atoms with E-state index in [9.17, 15) is 8.78 Å². The molecule has 3 heteroatoms. The minimum absolute atomic E-state index is 0.00213. The van der Waals surface area contributed by atoms with Crippen molar-refractivity contribution in [3.05, 3.63) is 11.3 Å². The van der Waals surface area contributed by atoms with Crippen molar-refractivity contribution in [2.45, 2.75) is 32.6 Å². The Morgan fingerprint density at radius 3 is 2.42 bits per heavy atom. The summed E-state index contributed by atoms with van der Waals surface area (Å²) in [5, 5.41) is 0. The largest absolute Gasteiger partial charge is 0.372 e. The van der Waals surface area contributed by atoms with Gasteiger partial charge in [-0.1, -0.05) is 5.57 Å². The number of piperidine rings is 1.